The minimum Gasteiger partial charge on any atom is -0.423 e. The van der Waals surface area contributed by atoms with E-state index in [0.717, 1.165) is 85.2 Å². The first-order valence-electron chi connectivity index (χ1n) is 18.5. The Morgan fingerprint density at radius 1 is 0.534 bits per heavy atom. The molecule has 4 aromatic heterocycles. The Hall–Kier alpha value is -6.38. The summed E-state index contributed by atoms with van der Waals surface area (Å²) in [6, 6.07) is 16.8. The topological polar surface area (TPSA) is 261 Å². The largest absolute Gasteiger partial charge is 0.491 e. The van der Waals surface area contributed by atoms with Crippen molar-refractivity contribution in [3.8, 4) is 11.1 Å². The molecule has 8 rings (SSSR count). The molecule has 0 unspecified atom stereocenters. The van der Waals surface area contributed by atoms with Crippen LogP contribution in [-0.2, 0) is 0 Å². The molecule has 0 radical (unpaired) electrons. The van der Waals surface area contributed by atoms with Crippen molar-refractivity contribution in [1.29, 1.82) is 0 Å². The average molecular weight is 850 g/mol. The van der Waals surface area contributed by atoms with Crippen LogP contribution in [0.3, 0.4) is 0 Å². The SMILES string of the molecule is Cc1ncc(-c2cccc(N3CCN(c4cnc(N)nc4N)CC3)c2)cn1.Cc1ncc(B(O)O)cn1.Nc1ncc(N2CCN(c3cccc(Br)c3)CC2)c(N)n1. The highest BCUT2D eigenvalue weighted by Gasteiger charge is 2.22. The van der Waals surface area contributed by atoms with Crippen LogP contribution in [0, 0.1) is 13.8 Å². The van der Waals surface area contributed by atoms with Crippen LogP contribution in [0.2, 0.25) is 0 Å². The molecule has 20 heteroatoms. The van der Waals surface area contributed by atoms with Gasteiger partial charge < -0.3 is 52.6 Å². The lowest BCUT2D eigenvalue weighted by molar-refractivity contribution is 0.425. The average Bonchev–Trinajstić information content (AvgIpc) is 3.22. The molecule has 0 bridgehead atoms. The van der Waals surface area contributed by atoms with Crippen LogP contribution < -0.4 is 48.0 Å². The van der Waals surface area contributed by atoms with Gasteiger partial charge in [0.05, 0.1) is 23.8 Å². The standard InChI is InChI=1S/C19H22N8.C14H17BrN6.C5H7BN2O2/c1-13-22-10-15(11-23-13)14-3-2-4-16(9-14)26-5-7-27(8-6-26)17-12-24-19(21)25-18(17)20;15-10-2-1-3-11(8-10)20-4-6-21(7-5-20)12-9-18-14(17)19-13(12)16;1-4-7-2-5(3-8-4)6(9)10/h2-4,9-12H,5-8H2,1H3,(H4,20,21,24,25);1-3,8-9H,4-7H2,(H4,16,17,18,19);2-3,9-10H,1H3. The second-order valence-electron chi connectivity index (χ2n) is 13.4. The number of hydrogen-bond donors (Lipinski definition) is 6. The maximum absolute atomic E-state index is 8.59. The number of piperazine rings is 2. The van der Waals surface area contributed by atoms with Crippen LogP contribution in [0.15, 0.2) is 90.2 Å². The zero-order valence-corrected chi connectivity index (χ0v) is 33.9. The van der Waals surface area contributed by atoms with Crippen molar-refractivity contribution < 1.29 is 10.0 Å². The van der Waals surface area contributed by atoms with E-state index in [1.54, 1.807) is 19.3 Å². The molecule has 2 fully saturated rings. The molecule has 2 saturated heterocycles. The summed E-state index contributed by atoms with van der Waals surface area (Å²) in [5, 5.41) is 17.2. The van der Waals surface area contributed by atoms with Crippen LogP contribution in [-0.4, -0.2) is 109 Å². The van der Waals surface area contributed by atoms with Crippen LogP contribution in [0.4, 0.5) is 46.3 Å². The zero-order chi connectivity index (χ0) is 41.2. The highest BCUT2D eigenvalue weighted by atomic mass is 79.9. The Morgan fingerprint density at radius 3 is 1.41 bits per heavy atom. The van der Waals surface area contributed by atoms with Crippen LogP contribution in [0.1, 0.15) is 11.6 Å². The van der Waals surface area contributed by atoms with E-state index in [4.69, 9.17) is 33.0 Å². The second-order valence-corrected chi connectivity index (χ2v) is 14.3. The molecule has 0 saturated carbocycles. The number of hydrogen-bond acceptors (Lipinski definition) is 18. The zero-order valence-electron chi connectivity index (χ0n) is 32.3. The lowest BCUT2D eigenvalue weighted by atomic mass is 9.83. The van der Waals surface area contributed by atoms with Crippen LogP contribution in [0.5, 0.6) is 0 Å². The second kappa shape index (κ2) is 19.2. The third-order valence-corrected chi connectivity index (χ3v) is 9.97. The van der Waals surface area contributed by atoms with Gasteiger partial charge in [-0.3, -0.25) is 0 Å². The summed E-state index contributed by atoms with van der Waals surface area (Å²) in [4.78, 5) is 41.4. The van der Waals surface area contributed by atoms with Gasteiger partial charge >= 0.3 is 7.12 Å². The Labute approximate surface area is 345 Å². The van der Waals surface area contributed by atoms with Gasteiger partial charge in [0.1, 0.15) is 11.6 Å². The molecule has 58 heavy (non-hydrogen) atoms. The molecule has 0 amide bonds. The third-order valence-electron chi connectivity index (χ3n) is 9.47. The van der Waals surface area contributed by atoms with E-state index >= 15 is 0 Å². The predicted octanol–water partition coefficient (Wildman–Crippen LogP) is 1.93. The quantitative estimate of drug-likeness (QED) is 0.131. The fourth-order valence-corrected chi connectivity index (χ4v) is 6.72. The number of halogens is 1. The molecule has 2 aromatic carbocycles. The van der Waals surface area contributed by atoms with Crippen molar-refractivity contribution in [2.45, 2.75) is 13.8 Å². The number of rotatable bonds is 6. The van der Waals surface area contributed by atoms with E-state index < -0.39 is 7.12 Å². The number of nitrogens with two attached hydrogens (primary N) is 4. The van der Waals surface area contributed by atoms with Gasteiger partial charge in [-0.05, 0) is 49.7 Å². The molecule has 0 aliphatic carbocycles. The van der Waals surface area contributed by atoms with Crippen LogP contribution in [0.25, 0.3) is 11.1 Å². The molecular formula is C38H46BBrN16O2. The fourth-order valence-electron chi connectivity index (χ4n) is 6.34. The summed E-state index contributed by atoms with van der Waals surface area (Å²) < 4.78 is 1.10. The van der Waals surface area contributed by atoms with E-state index in [1.807, 2.05) is 25.4 Å². The van der Waals surface area contributed by atoms with E-state index in [-0.39, 0.29) is 11.9 Å². The highest BCUT2D eigenvalue weighted by Crippen LogP contribution is 2.28. The minimum absolute atomic E-state index is 0.201. The van der Waals surface area contributed by atoms with E-state index in [0.29, 0.717) is 22.9 Å². The van der Waals surface area contributed by atoms with Gasteiger partial charge in [0.25, 0.3) is 0 Å². The molecule has 2 aliphatic heterocycles. The summed E-state index contributed by atoms with van der Waals surface area (Å²) in [7, 11) is -1.47. The first kappa shape index (κ1) is 41.3. The van der Waals surface area contributed by atoms with Gasteiger partial charge in [-0.15, -0.1) is 0 Å². The minimum atomic E-state index is -1.47. The molecule has 18 nitrogen and oxygen atoms in total. The molecule has 10 N–H and O–H groups in total. The molecule has 0 spiro atoms. The Balaban J connectivity index is 0.000000162. The van der Waals surface area contributed by atoms with E-state index in [1.165, 1.54) is 23.8 Å². The van der Waals surface area contributed by atoms with Gasteiger partial charge in [-0.1, -0.05) is 34.1 Å². The summed E-state index contributed by atoms with van der Waals surface area (Å²) in [6.07, 6.45) is 9.89. The van der Waals surface area contributed by atoms with E-state index in [9.17, 15) is 0 Å². The molecular weight excluding hydrogens is 803 g/mol. The summed E-state index contributed by atoms with van der Waals surface area (Å²) >= 11 is 3.51. The first-order valence-corrected chi connectivity index (χ1v) is 19.3. The van der Waals surface area contributed by atoms with Crippen molar-refractivity contribution in [2.24, 2.45) is 0 Å². The fraction of sp³-hybridized carbons (Fsp3) is 0.263. The number of nitrogens with zero attached hydrogens (tertiary/aromatic N) is 12. The van der Waals surface area contributed by atoms with Crippen molar-refractivity contribution >= 4 is 74.8 Å². The van der Waals surface area contributed by atoms with Gasteiger partial charge in [-0.25, -0.2) is 29.9 Å². The van der Waals surface area contributed by atoms with Crippen molar-refractivity contribution in [1.82, 2.24) is 39.9 Å². The molecule has 6 aromatic rings. The number of nitrogen functional groups attached to an aromatic ring is 4. The van der Waals surface area contributed by atoms with Crippen molar-refractivity contribution in [3.05, 3.63) is 102 Å². The normalized spacial score (nSPS) is 13.9. The Morgan fingerprint density at radius 2 is 0.966 bits per heavy atom. The van der Waals surface area contributed by atoms with Crippen molar-refractivity contribution in [3.63, 3.8) is 0 Å². The monoisotopic (exact) mass is 848 g/mol. The molecule has 300 valence electrons. The third kappa shape index (κ3) is 10.9. The number of aromatic nitrogens is 8. The van der Waals surface area contributed by atoms with E-state index in [2.05, 4.69) is 118 Å². The number of anilines is 8. The smallest absolute Gasteiger partial charge is 0.423 e. The predicted molar refractivity (Wildman–Crippen MR) is 234 cm³/mol. The first-order chi connectivity index (χ1) is 27.9. The Bertz CT molecular complexity index is 2260. The summed E-state index contributed by atoms with van der Waals surface area (Å²) in [5.74, 6) is 2.67. The van der Waals surface area contributed by atoms with Gasteiger partial charge in [0.2, 0.25) is 11.9 Å². The maximum atomic E-state index is 8.59. The van der Waals surface area contributed by atoms with Crippen LogP contribution >= 0.6 is 15.9 Å². The number of aryl methyl sites for hydroxylation is 2. The lowest BCUT2D eigenvalue weighted by Gasteiger charge is -2.37. The Kier molecular flexibility index (Phi) is 13.6. The van der Waals surface area contributed by atoms with Gasteiger partial charge in [-0.2, -0.15) is 9.97 Å². The molecule has 6 heterocycles. The lowest BCUT2D eigenvalue weighted by Crippen LogP contribution is -2.46. The molecule has 0 atom stereocenters. The highest BCUT2D eigenvalue weighted by molar-refractivity contribution is 9.10. The van der Waals surface area contributed by atoms with Gasteiger partial charge in [0.15, 0.2) is 11.6 Å². The van der Waals surface area contributed by atoms with Gasteiger partial charge in [0, 0.05) is 104 Å². The van der Waals surface area contributed by atoms with Crippen molar-refractivity contribution in [2.75, 3.05) is 94.9 Å². The maximum Gasteiger partial charge on any atom is 0.491 e. The number of benzene rings is 2. The molecule has 2 aliphatic rings. The summed E-state index contributed by atoms with van der Waals surface area (Å²) in [6.45, 7) is 10.7. The summed E-state index contributed by atoms with van der Waals surface area (Å²) in [5.41, 5.74) is 29.6.